The molecular weight excluding hydrogens is 274 g/mol. The molecule has 0 aromatic heterocycles. The van der Waals surface area contributed by atoms with Crippen LogP contribution in [0.25, 0.3) is 0 Å². The van der Waals surface area contributed by atoms with Crippen LogP contribution >= 0.6 is 0 Å². The Morgan fingerprint density at radius 3 is 2.33 bits per heavy atom. The Bertz CT molecular complexity index is 492. The molecule has 0 radical (unpaired) electrons. The average molecular weight is 295 g/mol. The fourth-order valence-electron chi connectivity index (χ4n) is 2.73. The number of benzene rings is 1. The van der Waals surface area contributed by atoms with E-state index in [2.05, 4.69) is 0 Å². The minimum absolute atomic E-state index is 0.443. The molecule has 1 aliphatic rings. The van der Waals surface area contributed by atoms with Gasteiger partial charge in [-0.05, 0) is 19.4 Å². The van der Waals surface area contributed by atoms with Crippen molar-refractivity contribution in [3.8, 4) is 17.2 Å². The van der Waals surface area contributed by atoms with Crippen molar-refractivity contribution in [1.29, 1.82) is 0 Å². The van der Waals surface area contributed by atoms with Gasteiger partial charge in [0.15, 0.2) is 0 Å². The summed E-state index contributed by atoms with van der Waals surface area (Å²) in [5.41, 5.74) is 0.842. The fourth-order valence-corrected chi connectivity index (χ4v) is 2.73. The molecule has 1 aromatic carbocycles. The summed E-state index contributed by atoms with van der Waals surface area (Å²) in [6, 6.07) is 3.12. The van der Waals surface area contributed by atoms with Gasteiger partial charge >= 0.3 is 5.97 Å². The van der Waals surface area contributed by atoms with Gasteiger partial charge in [0.1, 0.15) is 23.3 Å². The van der Waals surface area contributed by atoms with E-state index >= 15 is 0 Å². The van der Waals surface area contributed by atoms with Crippen LogP contribution in [-0.4, -0.2) is 49.9 Å². The Hall–Kier alpha value is -1.95. The molecule has 1 aliphatic heterocycles. The Labute approximate surface area is 124 Å². The Balaban J connectivity index is 2.32. The summed E-state index contributed by atoms with van der Waals surface area (Å²) in [4.78, 5) is 13.2. The molecule has 1 unspecified atom stereocenters. The first-order valence-corrected chi connectivity index (χ1v) is 6.86. The highest BCUT2D eigenvalue weighted by Crippen LogP contribution is 2.36. The zero-order chi connectivity index (χ0) is 15.4. The van der Waals surface area contributed by atoms with E-state index in [9.17, 15) is 9.90 Å². The first-order valence-electron chi connectivity index (χ1n) is 6.86. The first kappa shape index (κ1) is 15.4. The lowest BCUT2D eigenvalue weighted by molar-refractivity contribution is -0.142. The SMILES string of the molecule is COc1cc(OC)c(CN2CCCC2C(=O)O)c(OC)c1. The summed E-state index contributed by atoms with van der Waals surface area (Å²) in [6.07, 6.45) is 1.56. The molecule has 0 bridgehead atoms. The van der Waals surface area contributed by atoms with Gasteiger partial charge in [0, 0.05) is 18.7 Å². The summed E-state index contributed by atoms with van der Waals surface area (Å²) in [6.45, 7) is 1.24. The van der Waals surface area contributed by atoms with Gasteiger partial charge < -0.3 is 19.3 Å². The Morgan fingerprint density at radius 1 is 1.24 bits per heavy atom. The topological polar surface area (TPSA) is 68.2 Å². The van der Waals surface area contributed by atoms with E-state index in [4.69, 9.17) is 14.2 Å². The van der Waals surface area contributed by atoms with E-state index in [0.717, 1.165) is 18.5 Å². The van der Waals surface area contributed by atoms with Gasteiger partial charge in [0.2, 0.25) is 0 Å². The molecule has 6 heteroatoms. The number of aliphatic carboxylic acids is 1. The van der Waals surface area contributed by atoms with E-state index in [1.165, 1.54) is 0 Å². The number of ether oxygens (including phenoxy) is 3. The minimum atomic E-state index is -0.779. The van der Waals surface area contributed by atoms with Crippen molar-refractivity contribution < 1.29 is 24.1 Å². The van der Waals surface area contributed by atoms with Gasteiger partial charge in [-0.2, -0.15) is 0 Å². The van der Waals surface area contributed by atoms with Gasteiger partial charge in [0.25, 0.3) is 0 Å². The predicted molar refractivity (Wildman–Crippen MR) is 77.2 cm³/mol. The molecule has 6 nitrogen and oxygen atoms in total. The number of hydrogen-bond donors (Lipinski definition) is 1. The van der Waals surface area contributed by atoms with E-state index in [0.29, 0.717) is 30.2 Å². The number of nitrogens with zero attached hydrogens (tertiary/aromatic N) is 1. The smallest absolute Gasteiger partial charge is 0.320 e. The van der Waals surface area contributed by atoms with Crippen LogP contribution < -0.4 is 14.2 Å². The highest BCUT2D eigenvalue weighted by Gasteiger charge is 2.31. The Kier molecular flexibility index (Phi) is 4.90. The number of carboxylic acid groups (broad SMARTS) is 1. The highest BCUT2D eigenvalue weighted by atomic mass is 16.5. The molecule has 1 atom stereocenters. The van der Waals surface area contributed by atoms with Crippen molar-refractivity contribution in [3.63, 3.8) is 0 Å². The lowest BCUT2D eigenvalue weighted by Crippen LogP contribution is -2.35. The predicted octanol–water partition coefficient (Wildman–Crippen LogP) is 1.76. The van der Waals surface area contributed by atoms with Crippen LogP contribution in [0.4, 0.5) is 0 Å². The van der Waals surface area contributed by atoms with Gasteiger partial charge in [0.05, 0.1) is 26.9 Å². The molecule has 2 rings (SSSR count). The van der Waals surface area contributed by atoms with E-state index < -0.39 is 12.0 Å². The Morgan fingerprint density at radius 2 is 1.86 bits per heavy atom. The quantitative estimate of drug-likeness (QED) is 0.862. The van der Waals surface area contributed by atoms with Gasteiger partial charge in [-0.15, -0.1) is 0 Å². The number of hydrogen-bond acceptors (Lipinski definition) is 5. The third-order valence-corrected chi connectivity index (χ3v) is 3.83. The molecule has 21 heavy (non-hydrogen) atoms. The zero-order valence-corrected chi connectivity index (χ0v) is 12.6. The van der Waals surface area contributed by atoms with Gasteiger partial charge in [-0.3, -0.25) is 9.69 Å². The number of likely N-dealkylation sites (tertiary alicyclic amines) is 1. The number of carboxylic acids is 1. The third kappa shape index (κ3) is 3.21. The molecular formula is C15H21NO5. The standard InChI is InChI=1S/C15H21NO5/c1-19-10-7-13(20-2)11(14(8-10)21-3)9-16-6-4-5-12(16)15(17)18/h7-8,12H,4-6,9H2,1-3H3,(H,17,18). The maximum atomic E-state index is 11.3. The number of carbonyl (C=O) groups is 1. The van der Waals surface area contributed by atoms with Crippen molar-refractivity contribution in [2.75, 3.05) is 27.9 Å². The minimum Gasteiger partial charge on any atom is -0.496 e. The second-order valence-electron chi connectivity index (χ2n) is 4.98. The van der Waals surface area contributed by atoms with Crippen LogP contribution in [0.15, 0.2) is 12.1 Å². The molecule has 1 N–H and O–H groups in total. The van der Waals surface area contributed by atoms with Crippen LogP contribution in [0.2, 0.25) is 0 Å². The number of rotatable bonds is 6. The normalized spacial score (nSPS) is 18.5. The molecule has 116 valence electrons. The van der Waals surface area contributed by atoms with Crippen molar-refractivity contribution in [2.45, 2.75) is 25.4 Å². The molecule has 0 saturated carbocycles. The summed E-state index contributed by atoms with van der Waals surface area (Å²) in [5.74, 6) is 1.15. The van der Waals surface area contributed by atoms with Crippen LogP contribution in [0, 0.1) is 0 Å². The average Bonchev–Trinajstić information content (AvgIpc) is 2.95. The largest absolute Gasteiger partial charge is 0.496 e. The van der Waals surface area contributed by atoms with Gasteiger partial charge in [-0.1, -0.05) is 0 Å². The maximum absolute atomic E-state index is 11.3. The van der Waals surface area contributed by atoms with Crippen molar-refractivity contribution in [2.24, 2.45) is 0 Å². The summed E-state index contributed by atoms with van der Waals surface area (Å²) >= 11 is 0. The zero-order valence-electron chi connectivity index (χ0n) is 12.6. The van der Waals surface area contributed by atoms with Crippen LogP contribution in [-0.2, 0) is 11.3 Å². The van der Waals surface area contributed by atoms with Crippen LogP contribution in [0.3, 0.4) is 0 Å². The molecule has 1 saturated heterocycles. The molecule has 0 spiro atoms. The third-order valence-electron chi connectivity index (χ3n) is 3.83. The van der Waals surface area contributed by atoms with Crippen LogP contribution in [0.1, 0.15) is 18.4 Å². The maximum Gasteiger partial charge on any atom is 0.320 e. The van der Waals surface area contributed by atoms with E-state index in [1.807, 2.05) is 4.90 Å². The molecule has 1 fully saturated rings. The van der Waals surface area contributed by atoms with Crippen molar-refractivity contribution >= 4 is 5.97 Å². The summed E-state index contributed by atoms with van der Waals surface area (Å²) in [7, 11) is 4.74. The highest BCUT2D eigenvalue weighted by molar-refractivity contribution is 5.73. The summed E-state index contributed by atoms with van der Waals surface area (Å²) in [5, 5.41) is 9.27. The molecule has 1 aromatic rings. The molecule has 0 amide bonds. The van der Waals surface area contributed by atoms with Crippen molar-refractivity contribution in [3.05, 3.63) is 17.7 Å². The van der Waals surface area contributed by atoms with Gasteiger partial charge in [-0.25, -0.2) is 0 Å². The second kappa shape index (κ2) is 6.67. The lowest BCUT2D eigenvalue weighted by Gasteiger charge is -2.23. The molecule has 1 heterocycles. The fraction of sp³-hybridized carbons (Fsp3) is 0.533. The lowest BCUT2D eigenvalue weighted by atomic mass is 10.1. The van der Waals surface area contributed by atoms with Crippen LogP contribution in [0.5, 0.6) is 17.2 Å². The van der Waals surface area contributed by atoms with Crippen molar-refractivity contribution in [1.82, 2.24) is 4.90 Å². The first-order chi connectivity index (χ1) is 10.1. The second-order valence-corrected chi connectivity index (χ2v) is 4.98. The molecule has 0 aliphatic carbocycles. The van der Waals surface area contributed by atoms with E-state index in [1.54, 1.807) is 33.5 Å². The number of methoxy groups -OCH3 is 3. The monoisotopic (exact) mass is 295 g/mol. The summed E-state index contributed by atoms with van der Waals surface area (Å²) < 4.78 is 16.0. The van der Waals surface area contributed by atoms with E-state index in [-0.39, 0.29) is 0 Å².